The fourth-order valence-corrected chi connectivity index (χ4v) is 1.69. The van der Waals surface area contributed by atoms with Gasteiger partial charge in [0.1, 0.15) is 12.1 Å². The van der Waals surface area contributed by atoms with E-state index >= 15 is 0 Å². The lowest BCUT2D eigenvalue weighted by Crippen LogP contribution is -2.10. The van der Waals surface area contributed by atoms with Gasteiger partial charge >= 0.3 is 0 Å². The molecule has 0 atom stereocenters. The first-order valence-electron chi connectivity index (χ1n) is 5.03. The lowest BCUT2D eigenvalue weighted by molar-refractivity contribution is 0.369. The average Bonchev–Trinajstić information content (AvgIpc) is 2.41. The van der Waals surface area contributed by atoms with E-state index in [1.807, 2.05) is 24.3 Å². The normalized spacial score (nSPS) is 9.94. The van der Waals surface area contributed by atoms with Crippen molar-refractivity contribution in [1.82, 2.24) is 9.97 Å². The van der Waals surface area contributed by atoms with Crippen LogP contribution in [0.3, 0.4) is 0 Å². The molecule has 1 aromatic carbocycles. The number of hydrogen-bond acceptors (Lipinski definition) is 6. The van der Waals surface area contributed by atoms with E-state index in [4.69, 9.17) is 15.3 Å². The highest BCUT2D eigenvalue weighted by Gasteiger charge is 2.13. The molecule has 0 bridgehead atoms. The Hall–Kier alpha value is -1.61. The summed E-state index contributed by atoms with van der Waals surface area (Å²) in [5.41, 5.74) is 2.42. The molecule has 0 spiro atoms. The van der Waals surface area contributed by atoms with Gasteiger partial charge in [-0.05, 0) is 46.9 Å². The van der Waals surface area contributed by atoms with Crippen LogP contribution < -0.4 is 20.7 Å². The van der Waals surface area contributed by atoms with Gasteiger partial charge in [-0.1, -0.05) is 0 Å². The fourth-order valence-electron chi connectivity index (χ4n) is 1.33. The van der Waals surface area contributed by atoms with Crippen LogP contribution in [0.4, 0.5) is 5.82 Å². The van der Waals surface area contributed by atoms with E-state index in [-0.39, 0.29) is 0 Å². The van der Waals surface area contributed by atoms with E-state index in [9.17, 15) is 0 Å². The number of nitrogen functional groups attached to an aromatic ring is 1. The molecule has 0 radical (unpaired) electrons. The highest BCUT2D eigenvalue weighted by Crippen LogP contribution is 2.33. The molecular formula is C11H11IN4O2. The molecule has 1 heterocycles. The Kier molecular flexibility index (Phi) is 4.15. The standard InChI is InChI=1S/C11H11IN4O2/c1-17-9-10(16-13)14-6-15-11(9)18-8-4-2-7(12)3-5-8/h2-6H,13H2,1H3,(H,14,15,16). The Morgan fingerprint density at radius 2 is 1.94 bits per heavy atom. The molecular weight excluding hydrogens is 347 g/mol. The van der Waals surface area contributed by atoms with Gasteiger partial charge in [0.2, 0.25) is 5.75 Å². The van der Waals surface area contributed by atoms with Gasteiger partial charge in [-0.2, -0.15) is 4.98 Å². The third-order valence-corrected chi connectivity index (χ3v) is 2.86. The third-order valence-electron chi connectivity index (χ3n) is 2.14. The number of nitrogens with one attached hydrogen (secondary N) is 1. The summed E-state index contributed by atoms with van der Waals surface area (Å²) in [6.07, 6.45) is 1.35. The van der Waals surface area contributed by atoms with Crippen molar-refractivity contribution in [1.29, 1.82) is 0 Å². The van der Waals surface area contributed by atoms with Crippen molar-refractivity contribution in [3.63, 3.8) is 0 Å². The molecule has 0 amide bonds. The number of hydrogen-bond donors (Lipinski definition) is 2. The summed E-state index contributed by atoms with van der Waals surface area (Å²) in [5, 5.41) is 0. The second-order valence-corrected chi connectivity index (χ2v) is 4.51. The van der Waals surface area contributed by atoms with Crippen molar-refractivity contribution >= 4 is 28.4 Å². The average molecular weight is 358 g/mol. The van der Waals surface area contributed by atoms with Crippen LogP contribution in [0.25, 0.3) is 0 Å². The van der Waals surface area contributed by atoms with Crippen molar-refractivity contribution in [3.8, 4) is 17.4 Å². The molecule has 2 aromatic rings. The van der Waals surface area contributed by atoms with E-state index in [1.165, 1.54) is 13.4 Å². The molecule has 0 fully saturated rings. The molecule has 0 aliphatic carbocycles. The Balaban J connectivity index is 2.31. The molecule has 18 heavy (non-hydrogen) atoms. The predicted molar refractivity (Wildman–Crippen MR) is 75.6 cm³/mol. The number of anilines is 1. The first-order chi connectivity index (χ1) is 8.74. The molecule has 0 unspecified atom stereocenters. The monoisotopic (exact) mass is 358 g/mol. The summed E-state index contributed by atoms with van der Waals surface area (Å²) in [5.74, 6) is 7.03. The number of rotatable bonds is 4. The summed E-state index contributed by atoms with van der Waals surface area (Å²) in [7, 11) is 1.50. The van der Waals surface area contributed by atoms with Gasteiger partial charge in [-0.25, -0.2) is 10.8 Å². The van der Waals surface area contributed by atoms with Gasteiger partial charge in [0, 0.05) is 3.57 Å². The van der Waals surface area contributed by atoms with Gasteiger partial charge in [0.05, 0.1) is 7.11 Å². The van der Waals surface area contributed by atoms with Crippen LogP contribution in [0.2, 0.25) is 0 Å². The first-order valence-corrected chi connectivity index (χ1v) is 6.11. The van der Waals surface area contributed by atoms with Crippen LogP contribution >= 0.6 is 22.6 Å². The first kappa shape index (κ1) is 12.8. The smallest absolute Gasteiger partial charge is 0.268 e. The number of ether oxygens (including phenoxy) is 2. The zero-order chi connectivity index (χ0) is 13.0. The van der Waals surface area contributed by atoms with Crippen LogP contribution in [0, 0.1) is 3.57 Å². The zero-order valence-corrected chi connectivity index (χ0v) is 11.7. The number of nitrogens with two attached hydrogens (primary N) is 1. The SMILES string of the molecule is COc1c(NN)ncnc1Oc1ccc(I)cc1. The van der Waals surface area contributed by atoms with Crippen LogP contribution in [-0.4, -0.2) is 17.1 Å². The quantitative estimate of drug-likeness (QED) is 0.495. The molecule has 0 aliphatic heterocycles. The summed E-state index contributed by atoms with van der Waals surface area (Å²) < 4.78 is 11.9. The third kappa shape index (κ3) is 2.79. The summed E-state index contributed by atoms with van der Waals surface area (Å²) in [4.78, 5) is 7.95. The van der Waals surface area contributed by atoms with Crippen molar-refractivity contribution < 1.29 is 9.47 Å². The second-order valence-electron chi connectivity index (χ2n) is 3.26. The number of nitrogens with zero attached hydrogens (tertiary/aromatic N) is 2. The van der Waals surface area contributed by atoms with E-state index in [2.05, 4.69) is 38.0 Å². The van der Waals surface area contributed by atoms with E-state index in [0.29, 0.717) is 23.2 Å². The lowest BCUT2D eigenvalue weighted by atomic mass is 10.3. The lowest BCUT2D eigenvalue weighted by Gasteiger charge is -2.11. The molecule has 0 saturated heterocycles. The van der Waals surface area contributed by atoms with Crippen LogP contribution in [-0.2, 0) is 0 Å². The summed E-state index contributed by atoms with van der Waals surface area (Å²) in [6.45, 7) is 0. The van der Waals surface area contributed by atoms with Gasteiger partial charge < -0.3 is 14.9 Å². The zero-order valence-electron chi connectivity index (χ0n) is 9.55. The Bertz CT molecular complexity index is 533. The van der Waals surface area contributed by atoms with Crippen molar-refractivity contribution in [2.75, 3.05) is 12.5 Å². The Labute approximate surface area is 118 Å². The molecule has 0 aliphatic rings. The maximum atomic E-state index is 5.62. The number of hydrazine groups is 1. The van der Waals surface area contributed by atoms with E-state index in [1.54, 1.807) is 0 Å². The maximum absolute atomic E-state index is 5.62. The molecule has 3 N–H and O–H groups in total. The van der Waals surface area contributed by atoms with E-state index in [0.717, 1.165) is 3.57 Å². The van der Waals surface area contributed by atoms with Crippen LogP contribution in [0.1, 0.15) is 0 Å². The Morgan fingerprint density at radius 3 is 2.56 bits per heavy atom. The predicted octanol–water partition coefficient (Wildman–Crippen LogP) is 2.17. The van der Waals surface area contributed by atoms with Crippen LogP contribution in [0.15, 0.2) is 30.6 Å². The highest BCUT2D eigenvalue weighted by atomic mass is 127. The summed E-state index contributed by atoms with van der Waals surface area (Å²) in [6, 6.07) is 7.56. The minimum Gasteiger partial charge on any atom is -0.489 e. The maximum Gasteiger partial charge on any atom is 0.268 e. The Morgan fingerprint density at radius 1 is 1.22 bits per heavy atom. The molecule has 94 valence electrons. The van der Waals surface area contributed by atoms with Gasteiger partial charge in [-0.15, -0.1) is 0 Å². The van der Waals surface area contributed by atoms with Crippen molar-refractivity contribution in [3.05, 3.63) is 34.2 Å². The number of benzene rings is 1. The van der Waals surface area contributed by atoms with Gasteiger partial charge in [0.25, 0.3) is 5.88 Å². The van der Waals surface area contributed by atoms with Gasteiger partial charge in [0.15, 0.2) is 5.82 Å². The fraction of sp³-hybridized carbons (Fsp3) is 0.0909. The van der Waals surface area contributed by atoms with Crippen molar-refractivity contribution in [2.45, 2.75) is 0 Å². The van der Waals surface area contributed by atoms with Crippen LogP contribution in [0.5, 0.6) is 17.4 Å². The second kappa shape index (κ2) is 5.83. The molecule has 1 aromatic heterocycles. The molecule has 7 heteroatoms. The topological polar surface area (TPSA) is 82.3 Å². The number of aromatic nitrogens is 2. The number of halogens is 1. The van der Waals surface area contributed by atoms with Crippen molar-refractivity contribution in [2.24, 2.45) is 5.84 Å². The minimum atomic E-state index is 0.307. The molecule has 0 saturated carbocycles. The number of methoxy groups -OCH3 is 1. The highest BCUT2D eigenvalue weighted by molar-refractivity contribution is 14.1. The summed E-state index contributed by atoms with van der Waals surface area (Å²) >= 11 is 2.22. The largest absolute Gasteiger partial charge is 0.489 e. The minimum absolute atomic E-state index is 0.307. The molecule has 2 rings (SSSR count). The van der Waals surface area contributed by atoms with E-state index < -0.39 is 0 Å². The molecule has 6 nitrogen and oxygen atoms in total. The van der Waals surface area contributed by atoms with Gasteiger partial charge in [-0.3, -0.25) is 0 Å².